The van der Waals surface area contributed by atoms with Gasteiger partial charge in [-0.05, 0) is 38.1 Å². The number of hydrogen-bond acceptors (Lipinski definition) is 3. The maximum Gasteiger partial charge on any atom is 0.223 e. The smallest absolute Gasteiger partial charge is 0.223 e. The Hall–Kier alpha value is -1.29. The van der Waals surface area contributed by atoms with Crippen molar-refractivity contribution < 1.29 is 9.21 Å². The number of nitrogens with one attached hydrogen (secondary N) is 2. The number of carbonyl (C=O) groups is 1. The fourth-order valence-electron chi connectivity index (χ4n) is 1.83. The van der Waals surface area contributed by atoms with Gasteiger partial charge in [-0.15, -0.1) is 0 Å². The van der Waals surface area contributed by atoms with Crippen LogP contribution in [-0.4, -0.2) is 19.0 Å². The van der Waals surface area contributed by atoms with Gasteiger partial charge in [0.15, 0.2) is 0 Å². The second-order valence-corrected chi connectivity index (χ2v) is 4.45. The standard InChI is InChI=1S/C12H18N2O2/c1-8(10-6-13-7-10)12(15)14-9(2)11-4-3-5-16-11/h3-5,8-10,13H,6-7H2,1-2H3,(H,14,15)/t8?,9-/m0/s1. The summed E-state index contributed by atoms with van der Waals surface area (Å²) in [5.74, 6) is 1.45. The Balaban J connectivity index is 1.86. The molecular formula is C12H18N2O2. The highest BCUT2D eigenvalue weighted by Gasteiger charge is 2.29. The van der Waals surface area contributed by atoms with Gasteiger partial charge in [0, 0.05) is 5.92 Å². The molecule has 1 amide bonds. The molecule has 1 fully saturated rings. The minimum absolute atomic E-state index is 0.0574. The Morgan fingerprint density at radius 3 is 2.81 bits per heavy atom. The lowest BCUT2D eigenvalue weighted by molar-refractivity contribution is -0.127. The molecule has 16 heavy (non-hydrogen) atoms. The molecule has 2 N–H and O–H groups in total. The zero-order valence-corrected chi connectivity index (χ0v) is 9.69. The van der Waals surface area contributed by atoms with Crippen molar-refractivity contribution in [1.82, 2.24) is 10.6 Å². The molecule has 0 saturated carbocycles. The van der Waals surface area contributed by atoms with Crippen molar-refractivity contribution in [2.45, 2.75) is 19.9 Å². The van der Waals surface area contributed by atoms with Gasteiger partial charge in [0.1, 0.15) is 5.76 Å². The van der Waals surface area contributed by atoms with Crippen molar-refractivity contribution in [1.29, 1.82) is 0 Å². The normalized spacial score (nSPS) is 19.9. The van der Waals surface area contributed by atoms with E-state index in [-0.39, 0.29) is 17.9 Å². The van der Waals surface area contributed by atoms with E-state index < -0.39 is 0 Å². The Labute approximate surface area is 95.4 Å². The third kappa shape index (κ3) is 2.27. The van der Waals surface area contributed by atoms with Crippen LogP contribution in [0.25, 0.3) is 0 Å². The van der Waals surface area contributed by atoms with Crippen LogP contribution in [0.15, 0.2) is 22.8 Å². The van der Waals surface area contributed by atoms with E-state index >= 15 is 0 Å². The highest BCUT2D eigenvalue weighted by atomic mass is 16.3. The maximum absolute atomic E-state index is 11.9. The van der Waals surface area contributed by atoms with Gasteiger partial charge in [-0.2, -0.15) is 0 Å². The molecule has 4 nitrogen and oxygen atoms in total. The van der Waals surface area contributed by atoms with Gasteiger partial charge in [0.2, 0.25) is 5.91 Å². The number of amides is 1. The first kappa shape index (κ1) is 11.2. The highest BCUT2D eigenvalue weighted by Crippen LogP contribution is 2.18. The molecule has 1 aromatic rings. The molecule has 1 aliphatic rings. The average Bonchev–Trinajstić information content (AvgIpc) is 2.67. The quantitative estimate of drug-likeness (QED) is 0.807. The zero-order chi connectivity index (χ0) is 11.5. The first-order valence-electron chi connectivity index (χ1n) is 5.73. The van der Waals surface area contributed by atoms with Crippen molar-refractivity contribution in [3.05, 3.63) is 24.2 Å². The number of hydrogen-bond donors (Lipinski definition) is 2. The van der Waals surface area contributed by atoms with E-state index in [4.69, 9.17) is 4.42 Å². The van der Waals surface area contributed by atoms with Crippen molar-refractivity contribution in [2.24, 2.45) is 11.8 Å². The van der Waals surface area contributed by atoms with Gasteiger partial charge in [0.05, 0.1) is 12.3 Å². The molecule has 1 aromatic heterocycles. The summed E-state index contributed by atoms with van der Waals surface area (Å²) < 4.78 is 5.25. The lowest BCUT2D eigenvalue weighted by Gasteiger charge is -2.32. The van der Waals surface area contributed by atoms with Crippen LogP contribution < -0.4 is 10.6 Å². The van der Waals surface area contributed by atoms with Crippen molar-refractivity contribution in [3.8, 4) is 0 Å². The first-order chi connectivity index (χ1) is 7.68. The molecule has 0 aliphatic carbocycles. The lowest BCUT2D eigenvalue weighted by atomic mass is 9.88. The van der Waals surface area contributed by atoms with Crippen molar-refractivity contribution >= 4 is 5.91 Å². The van der Waals surface area contributed by atoms with E-state index in [1.165, 1.54) is 0 Å². The summed E-state index contributed by atoms with van der Waals surface area (Å²) in [5, 5.41) is 6.15. The summed E-state index contributed by atoms with van der Waals surface area (Å²) in [4.78, 5) is 11.9. The third-order valence-electron chi connectivity index (χ3n) is 3.26. The second kappa shape index (κ2) is 4.70. The molecule has 2 atom stereocenters. The molecule has 4 heteroatoms. The molecule has 0 bridgehead atoms. The fourth-order valence-corrected chi connectivity index (χ4v) is 1.83. The van der Waals surface area contributed by atoms with Gasteiger partial charge in [-0.1, -0.05) is 6.92 Å². The molecule has 2 rings (SSSR count). The van der Waals surface area contributed by atoms with E-state index in [1.807, 2.05) is 26.0 Å². The van der Waals surface area contributed by atoms with Crippen LogP contribution in [0, 0.1) is 11.8 Å². The Bertz CT molecular complexity index is 344. The highest BCUT2D eigenvalue weighted by molar-refractivity contribution is 5.79. The lowest BCUT2D eigenvalue weighted by Crippen LogP contribution is -2.49. The van der Waals surface area contributed by atoms with E-state index in [1.54, 1.807) is 6.26 Å². The Kier molecular flexibility index (Phi) is 3.29. The van der Waals surface area contributed by atoms with Gasteiger partial charge in [-0.25, -0.2) is 0 Å². The largest absolute Gasteiger partial charge is 0.467 e. The van der Waals surface area contributed by atoms with Crippen LogP contribution in [0.3, 0.4) is 0 Å². The van der Waals surface area contributed by atoms with Gasteiger partial charge in [0.25, 0.3) is 0 Å². The van der Waals surface area contributed by atoms with Crippen LogP contribution >= 0.6 is 0 Å². The number of furan rings is 1. The van der Waals surface area contributed by atoms with Crippen LogP contribution in [0.2, 0.25) is 0 Å². The second-order valence-electron chi connectivity index (χ2n) is 4.45. The maximum atomic E-state index is 11.9. The zero-order valence-electron chi connectivity index (χ0n) is 9.69. The van der Waals surface area contributed by atoms with E-state index in [0.29, 0.717) is 5.92 Å². The van der Waals surface area contributed by atoms with Crippen LogP contribution in [-0.2, 0) is 4.79 Å². The molecule has 1 unspecified atom stereocenters. The van der Waals surface area contributed by atoms with E-state index in [0.717, 1.165) is 18.8 Å². The Morgan fingerprint density at radius 2 is 2.31 bits per heavy atom. The molecular weight excluding hydrogens is 204 g/mol. The SMILES string of the molecule is CC(C(=O)N[C@@H](C)c1ccco1)C1CNC1. The Morgan fingerprint density at radius 1 is 1.56 bits per heavy atom. The third-order valence-corrected chi connectivity index (χ3v) is 3.26. The number of rotatable bonds is 4. The van der Waals surface area contributed by atoms with Gasteiger partial charge >= 0.3 is 0 Å². The van der Waals surface area contributed by atoms with Crippen LogP contribution in [0.4, 0.5) is 0 Å². The summed E-state index contributed by atoms with van der Waals surface area (Å²) >= 11 is 0. The van der Waals surface area contributed by atoms with E-state index in [2.05, 4.69) is 10.6 Å². The predicted molar refractivity (Wildman–Crippen MR) is 60.8 cm³/mol. The van der Waals surface area contributed by atoms with Gasteiger partial charge in [-0.3, -0.25) is 4.79 Å². The molecule has 0 aromatic carbocycles. The average molecular weight is 222 g/mol. The molecule has 0 radical (unpaired) electrons. The van der Waals surface area contributed by atoms with Crippen LogP contribution in [0.5, 0.6) is 0 Å². The topological polar surface area (TPSA) is 54.3 Å². The summed E-state index contributed by atoms with van der Waals surface area (Å²) in [5.41, 5.74) is 0. The minimum atomic E-state index is -0.0574. The fraction of sp³-hybridized carbons (Fsp3) is 0.583. The molecule has 0 spiro atoms. The monoisotopic (exact) mass is 222 g/mol. The summed E-state index contributed by atoms with van der Waals surface area (Å²) in [6, 6.07) is 3.65. The number of carbonyl (C=O) groups excluding carboxylic acids is 1. The molecule has 88 valence electrons. The van der Waals surface area contributed by atoms with Crippen molar-refractivity contribution in [3.63, 3.8) is 0 Å². The summed E-state index contributed by atoms with van der Waals surface area (Å²) in [7, 11) is 0. The van der Waals surface area contributed by atoms with Gasteiger partial charge < -0.3 is 15.1 Å². The first-order valence-corrected chi connectivity index (χ1v) is 5.73. The van der Waals surface area contributed by atoms with Crippen LogP contribution in [0.1, 0.15) is 25.6 Å². The molecule has 1 saturated heterocycles. The minimum Gasteiger partial charge on any atom is -0.467 e. The molecule has 1 aliphatic heterocycles. The van der Waals surface area contributed by atoms with Crippen molar-refractivity contribution in [2.75, 3.05) is 13.1 Å². The molecule has 2 heterocycles. The van der Waals surface area contributed by atoms with E-state index in [9.17, 15) is 4.79 Å². The summed E-state index contributed by atoms with van der Waals surface area (Å²) in [6.45, 7) is 5.81. The summed E-state index contributed by atoms with van der Waals surface area (Å²) in [6.07, 6.45) is 1.62. The predicted octanol–water partition coefficient (Wildman–Crippen LogP) is 1.31.